The van der Waals surface area contributed by atoms with Crippen LogP contribution in [0.1, 0.15) is 21.6 Å². The molecule has 1 N–H and O–H groups in total. The molecule has 0 radical (unpaired) electrons. The number of carbonyl (C=O) groups excluding carboxylic acids is 1. The lowest BCUT2D eigenvalue weighted by Crippen LogP contribution is -2.26. The largest absolute Gasteiger partial charge is 0.351 e. The second kappa shape index (κ2) is 5.83. The highest BCUT2D eigenvalue weighted by Gasteiger charge is 2.16. The van der Waals surface area contributed by atoms with Crippen LogP contribution >= 0.6 is 0 Å². The third-order valence-corrected chi connectivity index (χ3v) is 3.78. The van der Waals surface area contributed by atoms with Crippen molar-refractivity contribution in [3.05, 3.63) is 70.9 Å². The molecule has 1 amide bonds. The van der Waals surface area contributed by atoms with Crippen LogP contribution in [-0.2, 0) is 6.54 Å². The summed E-state index contributed by atoms with van der Waals surface area (Å²) in [5, 5.41) is 0.945. The van der Waals surface area contributed by atoms with Gasteiger partial charge in [-0.2, -0.15) is 0 Å². The van der Waals surface area contributed by atoms with Gasteiger partial charge in [-0.3, -0.25) is 4.79 Å². The lowest BCUT2D eigenvalue weighted by atomic mass is 10.2. The maximum Gasteiger partial charge on any atom is 0.270 e. The Hall–Kier alpha value is -2.69. The van der Waals surface area contributed by atoms with Crippen molar-refractivity contribution in [2.24, 2.45) is 0 Å². The number of hydrogen-bond donors (Lipinski definition) is 1. The molecule has 0 saturated heterocycles. The predicted octanol–water partition coefficient (Wildman–Crippen LogP) is 4.03. The minimum absolute atomic E-state index is 0.0688. The van der Waals surface area contributed by atoms with Crippen LogP contribution in [0.15, 0.2) is 42.5 Å². The molecule has 3 aromatic rings. The molecule has 3 nitrogen and oxygen atoms in total. The van der Waals surface area contributed by atoms with Gasteiger partial charge in [0, 0.05) is 36.1 Å². The van der Waals surface area contributed by atoms with Gasteiger partial charge in [0.2, 0.25) is 0 Å². The summed E-state index contributed by atoms with van der Waals surface area (Å²) in [5.74, 6) is -1.54. The average Bonchev–Trinajstić information content (AvgIpc) is 2.92. The minimum atomic E-state index is -0.656. The zero-order valence-corrected chi connectivity index (χ0v) is 12.9. The smallest absolute Gasteiger partial charge is 0.270 e. The van der Waals surface area contributed by atoms with Crippen LogP contribution in [0.25, 0.3) is 10.9 Å². The minimum Gasteiger partial charge on any atom is -0.351 e. The number of aromatic amines is 1. The third kappa shape index (κ3) is 3.08. The summed E-state index contributed by atoms with van der Waals surface area (Å²) in [5.41, 5.74) is 2.69. The highest BCUT2D eigenvalue weighted by Crippen LogP contribution is 2.19. The second-order valence-corrected chi connectivity index (χ2v) is 5.67. The normalized spacial score (nSPS) is 11.0. The summed E-state index contributed by atoms with van der Waals surface area (Å²) in [7, 11) is 1.59. The molecular weight excluding hydrogens is 298 g/mol. The molecule has 0 aliphatic carbocycles. The van der Waals surface area contributed by atoms with Gasteiger partial charge in [-0.25, -0.2) is 8.78 Å². The maximum atomic E-state index is 13.7. The summed E-state index contributed by atoms with van der Waals surface area (Å²) < 4.78 is 26.6. The van der Waals surface area contributed by atoms with E-state index in [1.165, 1.54) is 17.0 Å². The number of benzene rings is 2. The van der Waals surface area contributed by atoms with E-state index in [-0.39, 0.29) is 18.0 Å². The van der Waals surface area contributed by atoms with Gasteiger partial charge >= 0.3 is 0 Å². The molecular formula is C18H16F2N2O. The average molecular weight is 314 g/mol. The van der Waals surface area contributed by atoms with Crippen molar-refractivity contribution in [1.29, 1.82) is 0 Å². The van der Waals surface area contributed by atoms with E-state index >= 15 is 0 Å². The summed E-state index contributed by atoms with van der Waals surface area (Å²) in [6.45, 7) is 2.05. The number of aromatic nitrogens is 1. The Morgan fingerprint density at radius 1 is 1.13 bits per heavy atom. The van der Waals surface area contributed by atoms with E-state index < -0.39 is 11.6 Å². The van der Waals surface area contributed by atoms with Crippen molar-refractivity contribution in [3.8, 4) is 0 Å². The Balaban J connectivity index is 1.83. The molecule has 0 spiro atoms. The van der Waals surface area contributed by atoms with Crippen LogP contribution < -0.4 is 0 Å². The quantitative estimate of drug-likeness (QED) is 0.778. The van der Waals surface area contributed by atoms with Crippen molar-refractivity contribution in [3.63, 3.8) is 0 Å². The fourth-order valence-corrected chi connectivity index (χ4v) is 2.54. The van der Waals surface area contributed by atoms with Crippen molar-refractivity contribution >= 4 is 16.8 Å². The lowest BCUT2D eigenvalue weighted by molar-refractivity contribution is 0.0779. The van der Waals surface area contributed by atoms with E-state index in [4.69, 9.17) is 0 Å². The summed E-state index contributed by atoms with van der Waals surface area (Å²) in [6, 6.07) is 11.0. The number of H-pyrrole nitrogens is 1. The molecule has 1 aromatic heterocycles. The fraction of sp³-hybridized carbons (Fsp3) is 0.167. The van der Waals surface area contributed by atoms with E-state index in [0.717, 1.165) is 22.5 Å². The zero-order chi connectivity index (χ0) is 16.6. The van der Waals surface area contributed by atoms with E-state index in [0.29, 0.717) is 5.69 Å². The molecule has 118 valence electrons. The fourth-order valence-electron chi connectivity index (χ4n) is 2.54. The van der Waals surface area contributed by atoms with Crippen LogP contribution in [0.3, 0.4) is 0 Å². The summed E-state index contributed by atoms with van der Waals surface area (Å²) >= 11 is 0. The highest BCUT2D eigenvalue weighted by molar-refractivity contribution is 5.98. The first-order valence-corrected chi connectivity index (χ1v) is 7.23. The monoisotopic (exact) mass is 314 g/mol. The molecule has 0 aliphatic rings. The standard InChI is InChI=1S/C18H16F2N2O/c1-11-3-4-12-8-17(21-16(12)7-11)18(23)22(2)10-13-5-6-14(19)9-15(13)20/h3-9,21H,10H2,1-2H3. The van der Waals surface area contributed by atoms with Gasteiger partial charge in [-0.1, -0.05) is 18.2 Å². The van der Waals surface area contributed by atoms with Crippen LogP contribution in [-0.4, -0.2) is 22.8 Å². The van der Waals surface area contributed by atoms with Gasteiger partial charge in [-0.15, -0.1) is 0 Å². The Morgan fingerprint density at radius 2 is 1.91 bits per heavy atom. The highest BCUT2D eigenvalue weighted by atomic mass is 19.1. The van der Waals surface area contributed by atoms with Crippen LogP contribution in [0.5, 0.6) is 0 Å². The molecule has 0 saturated carbocycles. The lowest BCUT2D eigenvalue weighted by Gasteiger charge is -2.16. The van der Waals surface area contributed by atoms with E-state index in [1.54, 1.807) is 13.1 Å². The van der Waals surface area contributed by atoms with Gasteiger partial charge in [0.15, 0.2) is 0 Å². The van der Waals surface area contributed by atoms with Gasteiger partial charge < -0.3 is 9.88 Å². The molecule has 3 rings (SSSR count). The summed E-state index contributed by atoms with van der Waals surface area (Å²) in [6.07, 6.45) is 0. The Bertz CT molecular complexity index is 886. The van der Waals surface area contributed by atoms with Gasteiger partial charge in [0.1, 0.15) is 17.3 Å². The van der Waals surface area contributed by atoms with E-state index in [2.05, 4.69) is 4.98 Å². The Kier molecular flexibility index (Phi) is 3.86. The SMILES string of the molecule is Cc1ccc2cc(C(=O)N(C)Cc3ccc(F)cc3F)[nH]c2c1. The number of nitrogens with zero attached hydrogens (tertiary/aromatic N) is 1. The number of fused-ring (bicyclic) bond motifs is 1. The zero-order valence-electron chi connectivity index (χ0n) is 12.9. The molecule has 0 bridgehead atoms. The molecule has 5 heteroatoms. The van der Waals surface area contributed by atoms with Crippen LogP contribution in [0.2, 0.25) is 0 Å². The number of hydrogen-bond acceptors (Lipinski definition) is 1. The third-order valence-electron chi connectivity index (χ3n) is 3.78. The number of nitrogens with one attached hydrogen (secondary N) is 1. The molecule has 0 unspecified atom stereocenters. The van der Waals surface area contributed by atoms with E-state index in [9.17, 15) is 13.6 Å². The molecule has 0 atom stereocenters. The number of rotatable bonds is 3. The first-order valence-electron chi connectivity index (χ1n) is 7.23. The van der Waals surface area contributed by atoms with Gasteiger partial charge in [0.05, 0.1) is 0 Å². The molecule has 1 heterocycles. The molecule has 2 aromatic carbocycles. The Labute approximate surface area is 132 Å². The van der Waals surface area contributed by atoms with Crippen molar-refractivity contribution < 1.29 is 13.6 Å². The first-order chi connectivity index (χ1) is 10.9. The van der Waals surface area contributed by atoms with Crippen LogP contribution in [0.4, 0.5) is 8.78 Å². The first kappa shape index (κ1) is 15.2. The number of amides is 1. The maximum absolute atomic E-state index is 13.7. The van der Waals surface area contributed by atoms with Gasteiger partial charge in [0.25, 0.3) is 5.91 Å². The van der Waals surface area contributed by atoms with Crippen LogP contribution in [0, 0.1) is 18.6 Å². The van der Waals surface area contributed by atoms with Crippen molar-refractivity contribution in [2.45, 2.75) is 13.5 Å². The second-order valence-electron chi connectivity index (χ2n) is 5.67. The number of aryl methyl sites for hydroxylation is 1. The van der Waals surface area contributed by atoms with Gasteiger partial charge in [-0.05, 0) is 30.7 Å². The molecule has 23 heavy (non-hydrogen) atoms. The molecule has 0 fully saturated rings. The predicted molar refractivity (Wildman–Crippen MR) is 85.2 cm³/mol. The van der Waals surface area contributed by atoms with Crippen molar-refractivity contribution in [2.75, 3.05) is 7.05 Å². The van der Waals surface area contributed by atoms with Crippen molar-refractivity contribution in [1.82, 2.24) is 9.88 Å². The van der Waals surface area contributed by atoms with E-state index in [1.807, 2.05) is 25.1 Å². The number of carbonyl (C=O) groups is 1. The number of halogens is 2. The topological polar surface area (TPSA) is 36.1 Å². The molecule has 0 aliphatic heterocycles. The summed E-state index contributed by atoms with van der Waals surface area (Å²) in [4.78, 5) is 17.0. The Morgan fingerprint density at radius 3 is 2.65 bits per heavy atom.